The van der Waals surface area contributed by atoms with Crippen molar-refractivity contribution in [2.45, 2.75) is 19.4 Å². The second-order valence-corrected chi connectivity index (χ2v) is 5.89. The molecule has 0 radical (unpaired) electrons. The first-order valence-electron chi connectivity index (χ1n) is 6.55. The number of para-hydroxylation sites is 1. The zero-order valence-corrected chi connectivity index (χ0v) is 12.7. The number of amides is 1. The van der Waals surface area contributed by atoms with Crippen LogP contribution in [0.25, 0.3) is 0 Å². The van der Waals surface area contributed by atoms with Crippen LogP contribution in [0.15, 0.2) is 46.9 Å². The van der Waals surface area contributed by atoms with E-state index in [2.05, 4.69) is 32.6 Å². The number of carbonyl (C=O) groups excluding carboxylic acids is 1. The summed E-state index contributed by atoms with van der Waals surface area (Å²) in [6, 6.07) is 13.7. The summed E-state index contributed by atoms with van der Waals surface area (Å²) < 4.78 is 0.895. The Labute approximate surface area is 126 Å². The van der Waals surface area contributed by atoms with Gasteiger partial charge in [0.15, 0.2) is 0 Å². The maximum absolute atomic E-state index is 12.4. The third-order valence-electron chi connectivity index (χ3n) is 3.47. The van der Waals surface area contributed by atoms with Gasteiger partial charge in [-0.25, -0.2) is 0 Å². The summed E-state index contributed by atoms with van der Waals surface area (Å²) in [5.41, 5.74) is 4.17. The SMILES string of the molecule is Cc1ccc(Br)c(NC(=O)C2Cc3ccccc3N2)c1. The molecule has 1 amide bonds. The Bertz CT molecular complexity index is 644. The number of aryl methyl sites for hydroxylation is 1. The van der Waals surface area contributed by atoms with Gasteiger partial charge in [-0.3, -0.25) is 4.79 Å². The quantitative estimate of drug-likeness (QED) is 0.880. The summed E-state index contributed by atoms with van der Waals surface area (Å²) >= 11 is 3.46. The smallest absolute Gasteiger partial charge is 0.247 e. The van der Waals surface area contributed by atoms with E-state index in [1.54, 1.807) is 0 Å². The summed E-state index contributed by atoms with van der Waals surface area (Å²) in [7, 11) is 0. The molecule has 1 unspecified atom stereocenters. The number of hydrogen-bond donors (Lipinski definition) is 2. The molecule has 102 valence electrons. The number of halogens is 1. The van der Waals surface area contributed by atoms with E-state index in [0.717, 1.165) is 27.8 Å². The van der Waals surface area contributed by atoms with Crippen LogP contribution in [-0.4, -0.2) is 11.9 Å². The van der Waals surface area contributed by atoms with Crippen molar-refractivity contribution < 1.29 is 4.79 Å². The Kier molecular flexibility index (Phi) is 3.49. The third kappa shape index (κ3) is 2.56. The van der Waals surface area contributed by atoms with Gasteiger partial charge >= 0.3 is 0 Å². The molecule has 0 aromatic heterocycles. The summed E-state index contributed by atoms with van der Waals surface area (Å²) in [6.07, 6.45) is 0.728. The highest BCUT2D eigenvalue weighted by Gasteiger charge is 2.26. The molecule has 0 saturated carbocycles. The van der Waals surface area contributed by atoms with Crippen LogP contribution >= 0.6 is 15.9 Å². The molecule has 2 aromatic rings. The molecule has 20 heavy (non-hydrogen) atoms. The monoisotopic (exact) mass is 330 g/mol. The molecule has 4 heteroatoms. The van der Waals surface area contributed by atoms with Gasteiger partial charge in [-0.1, -0.05) is 24.3 Å². The lowest BCUT2D eigenvalue weighted by molar-refractivity contribution is -0.116. The van der Waals surface area contributed by atoms with E-state index < -0.39 is 0 Å². The van der Waals surface area contributed by atoms with Crippen LogP contribution in [0, 0.1) is 6.92 Å². The van der Waals surface area contributed by atoms with E-state index in [1.165, 1.54) is 5.56 Å². The first-order valence-corrected chi connectivity index (χ1v) is 7.34. The standard InChI is InChI=1S/C16H15BrN2O/c1-10-6-7-12(17)14(8-10)19-16(20)15-9-11-4-2-3-5-13(11)18-15/h2-8,15,18H,9H2,1H3,(H,19,20). The van der Waals surface area contributed by atoms with Gasteiger partial charge in [-0.15, -0.1) is 0 Å². The minimum atomic E-state index is -0.209. The fourth-order valence-corrected chi connectivity index (χ4v) is 2.76. The van der Waals surface area contributed by atoms with Crippen LogP contribution in [0.5, 0.6) is 0 Å². The second kappa shape index (κ2) is 5.29. The molecular weight excluding hydrogens is 316 g/mol. The van der Waals surface area contributed by atoms with E-state index >= 15 is 0 Å². The van der Waals surface area contributed by atoms with Crippen molar-refractivity contribution in [3.05, 3.63) is 58.1 Å². The lowest BCUT2D eigenvalue weighted by Gasteiger charge is -2.13. The van der Waals surface area contributed by atoms with Gasteiger partial charge in [-0.05, 0) is 52.2 Å². The van der Waals surface area contributed by atoms with E-state index in [4.69, 9.17) is 0 Å². The molecule has 0 spiro atoms. The molecular formula is C16H15BrN2O. The Balaban J connectivity index is 1.74. The fourth-order valence-electron chi connectivity index (χ4n) is 2.41. The predicted molar refractivity (Wildman–Crippen MR) is 85.1 cm³/mol. The topological polar surface area (TPSA) is 41.1 Å². The number of carbonyl (C=O) groups is 1. The minimum Gasteiger partial charge on any atom is -0.373 e. The Morgan fingerprint density at radius 3 is 2.90 bits per heavy atom. The van der Waals surface area contributed by atoms with Crippen LogP contribution in [0.3, 0.4) is 0 Å². The molecule has 2 aromatic carbocycles. The largest absolute Gasteiger partial charge is 0.373 e. The minimum absolute atomic E-state index is 0.00694. The summed E-state index contributed by atoms with van der Waals surface area (Å²) in [5, 5.41) is 6.24. The maximum atomic E-state index is 12.4. The number of rotatable bonds is 2. The molecule has 1 aliphatic rings. The van der Waals surface area contributed by atoms with Crippen molar-refractivity contribution in [2.75, 3.05) is 10.6 Å². The number of fused-ring (bicyclic) bond motifs is 1. The summed E-state index contributed by atoms with van der Waals surface area (Å²) in [6.45, 7) is 2.01. The maximum Gasteiger partial charge on any atom is 0.247 e. The molecule has 0 fully saturated rings. The van der Waals surface area contributed by atoms with Gasteiger partial charge in [0.2, 0.25) is 5.91 Å². The number of hydrogen-bond acceptors (Lipinski definition) is 2. The van der Waals surface area contributed by atoms with Crippen LogP contribution in [0.4, 0.5) is 11.4 Å². The van der Waals surface area contributed by atoms with E-state index in [9.17, 15) is 4.79 Å². The van der Waals surface area contributed by atoms with Crippen molar-refractivity contribution in [1.82, 2.24) is 0 Å². The summed E-state index contributed by atoms with van der Waals surface area (Å²) in [5.74, 6) is -0.00694. The molecule has 3 nitrogen and oxygen atoms in total. The van der Waals surface area contributed by atoms with Gasteiger partial charge < -0.3 is 10.6 Å². The van der Waals surface area contributed by atoms with Crippen molar-refractivity contribution in [3.63, 3.8) is 0 Å². The van der Waals surface area contributed by atoms with Crippen LogP contribution < -0.4 is 10.6 Å². The van der Waals surface area contributed by atoms with Crippen molar-refractivity contribution in [3.8, 4) is 0 Å². The van der Waals surface area contributed by atoms with Crippen LogP contribution in [0.2, 0.25) is 0 Å². The Morgan fingerprint density at radius 1 is 1.30 bits per heavy atom. The van der Waals surface area contributed by atoms with Crippen molar-refractivity contribution in [2.24, 2.45) is 0 Å². The highest BCUT2D eigenvalue weighted by atomic mass is 79.9. The molecule has 1 atom stereocenters. The Hall–Kier alpha value is -1.81. The average molecular weight is 331 g/mol. The molecule has 1 heterocycles. The van der Waals surface area contributed by atoms with Gasteiger partial charge in [-0.2, -0.15) is 0 Å². The van der Waals surface area contributed by atoms with Crippen molar-refractivity contribution >= 4 is 33.2 Å². The first kappa shape index (κ1) is 13.2. The highest BCUT2D eigenvalue weighted by Crippen LogP contribution is 2.27. The van der Waals surface area contributed by atoms with Gasteiger partial charge in [0.1, 0.15) is 6.04 Å². The van der Waals surface area contributed by atoms with E-state index in [0.29, 0.717) is 0 Å². The lowest BCUT2D eigenvalue weighted by atomic mass is 10.1. The van der Waals surface area contributed by atoms with Gasteiger partial charge in [0.25, 0.3) is 0 Å². The lowest BCUT2D eigenvalue weighted by Crippen LogP contribution is -2.32. The predicted octanol–water partition coefficient (Wildman–Crippen LogP) is 3.73. The molecule has 0 saturated heterocycles. The Morgan fingerprint density at radius 2 is 2.10 bits per heavy atom. The van der Waals surface area contributed by atoms with Crippen molar-refractivity contribution in [1.29, 1.82) is 0 Å². The van der Waals surface area contributed by atoms with E-state index in [1.807, 2.05) is 43.3 Å². The molecule has 1 aliphatic heterocycles. The summed E-state index contributed by atoms with van der Waals surface area (Å²) in [4.78, 5) is 12.4. The molecule has 3 rings (SSSR count). The normalized spacial score (nSPS) is 16.4. The molecule has 0 aliphatic carbocycles. The molecule has 2 N–H and O–H groups in total. The number of anilines is 2. The van der Waals surface area contributed by atoms with E-state index in [-0.39, 0.29) is 11.9 Å². The average Bonchev–Trinajstić information content (AvgIpc) is 2.87. The van der Waals surface area contributed by atoms with Gasteiger partial charge in [0.05, 0.1) is 5.69 Å². The zero-order chi connectivity index (χ0) is 14.1. The zero-order valence-electron chi connectivity index (χ0n) is 11.1. The second-order valence-electron chi connectivity index (χ2n) is 5.03. The number of nitrogens with one attached hydrogen (secondary N) is 2. The fraction of sp³-hybridized carbons (Fsp3) is 0.188. The number of benzene rings is 2. The van der Waals surface area contributed by atoms with Crippen LogP contribution in [0.1, 0.15) is 11.1 Å². The third-order valence-corrected chi connectivity index (χ3v) is 4.16. The van der Waals surface area contributed by atoms with Crippen LogP contribution in [-0.2, 0) is 11.2 Å². The first-order chi connectivity index (χ1) is 9.63. The molecule has 0 bridgehead atoms. The highest BCUT2D eigenvalue weighted by molar-refractivity contribution is 9.10. The van der Waals surface area contributed by atoms with Gasteiger partial charge in [0, 0.05) is 16.6 Å².